The normalized spacial score (nSPS) is 34.9. The summed E-state index contributed by atoms with van der Waals surface area (Å²) < 4.78 is 0. The van der Waals surface area contributed by atoms with Crippen LogP contribution in [0, 0.1) is 35.5 Å². The van der Waals surface area contributed by atoms with E-state index in [1.54, 1.807) is 0 Å². The predicted octanol–water partition coefficient (Wildman–Crippen LogP) is 3.24. The van der Waals surface area contributed by atoms with Crippen molar-refractivity contribution < 1.29 is 30.0 Å². The number of nitrogens with zero attached hydrogens (tertiary/aromatic N) is 2. The van der Waals surface area contributed by atoms with Crippen LogP contribution in [0.15, 0.2) is 48.5 Å². The summed E-state index contributed by atoms with van der Waals surface area (Å²) in [6, 6.07) is 17.0. The van der Waals surface area contributed by atoms with Crippen LogP contribution in [0.25, 0.3) is 0 Å². The number of benzene rings is 2. The first-order valence-corrected chi connectivity index (χ1v) is 20.0. The summed E-state index contributed by atoms with van der Waals surface area (Å²) in [5.74, 6) is 1.18. The van der Waals surface area contributed by atoms with Gasteiger partial charge in [-0.2, -0.15) is 0 Å². The second kappa shape index (κ2) is 16.2. The third-order valence-corrected chi connectivity index (χ3v) is 14.0. The third kappa shape index (κ3) is 7.57. The van der Waals surface area contributed by atoms with Gasteiger partial charge in [-0.15, -0.1) is 0 Å². The van der Waals surface area contributed by atoms with Crippen LogP contribution in [-0.2, 0) is 22.7 Å². The number of carbonyl (C=O) groups excluding carboxylic acids is 2. The smallest absolute Gasteiger partial charge is 0.226 e. The van der Waals surface area contributed by atoms with Gasteiger partial charge in [-0.3, -0.25) is 9.59 Å². The highest BCUT2D eigenvalue weighted by Gasteiger charge is 2.52. The number of likely N-dealkylation sites (tertiary alicyclic amines) is 2. The van der Waals surface area contributed by atoms with Gasteiger partial charge in [0.1, 0.15) is 0 Å². The molecule has 8 aliphatic rings. The van der Waals surface area contributed by atoms with Crippen molar-refractivity contribution in [2.24, 2.45) is 47.0 Å². The van der Waals surface area contributed by atoms with Gasteiger partial charge in [0.05, 0.1) is 24.4 Å². The summed E-state index contributed by atoms with van der Waals surface area (Å²) in [6.07, 6.45) is 6.25. The van der Waals surface area contributed by atoms with Crippen LogP contribution < -0.4 is 11.5 Å². The van der Waals surface area contributed by atoms with Crippen LogP contribution in [0.2, 0.25) is 0 Å². The van der Waals surface area contributed by atoms with Crippen LogP contribution in [0.4, 0.5) is 0 Å². The second-order valence-corrected chi connectivity index (χ2v) is 16.7. The minimum absolute atomic E-state index is 0.0681. The quantitative estimate of drug-likeness (QED) is 0.264. The highest BCUT2D eigenvalue weighted by atomic mass is 16.3. The number of hydrogen-bond donors (Lipinski definition) is 6. The Kier molecular flexibility index (Phi) is 11.7. The molecule has 2 aromatic carbocycles. The largest absolute Gasteiger partial charge is 0.390 e. The number of rotatable bonds is 6. The highest BCUT2D eigenvalue weighted by Crippen LogP contribution is 2.47. The van der Waals surface area contributed by atoms with Gasteiger partial charge < -0.3 is 41.7 Å². The molecule has 0 radical (unpaired) electrons. The Morgan fingerprint density at radius 2 is 0.942 bits per heavy atom. The number of amides is 2. The molecule has 10 atom stereocenters. The molecule has 6 aliphatic carbocycles. The van der Waals surface area contributed by atoms with Crippen LogP contribution in [-0.4, -0.2) is 92.6 Å². The Balaban J connectivity index is 0.000000162. The molecule has 0 spiro atoms. The maximum Gasteiger partial charge on any atom is 0.226 e. The van der Waals surface area contributed by atoms with Crippen molar-refractivity contribution in [1.29, 1.82) is 0 Å². The van der Waals surface area contributed by atoms with Crippen molar-refractivity contribution in [3.63, 3.8) is 0 Å². The monoisotopic (exact) mass is 716 g/mol. The molecule has 10 rings (SSSR count). The van der Waals surface area contributed by atoms with Gasteiger partial charge in [-0.05, 0) is 122 Å². The SMILES string of the molecule is NCc1cccc(C2CCN(C(=O)C3CC4CCC3C(O)C4O)CC2)c1.NCc1cccc(C2CCN(C(=O)C3CC4CCC3C(O)C4O)CC2)c1. The van der Waals surface area contributed by atoms with Crippen molar-refractivity contribution in [1.82, 2.24) is 9.80 Å². The minimum atomic E-state index is -0.729. The maximum atomic E-state index is 13.1. The number of piperidine rings is 2. The summed E-state index contributed by atoms with van der Waals surface area (Å²) in [5, 5.41) is 40.8. The lowest BCUT2D eigenvalue weighted by atomic mass is 9.61. The molecule has 4 bridgehead atoms. The van der Waals surface area contributed by atoms with Gasteiger partial charge in [-0.1, -0.05) is 48.5 Å². The van der Waals surface area contributed by atoms with Gasteiger partial charge in [0.15, 0.2) is 0 Å². The lowest BCUT2D eigenvalue weighted by Crippen LogP contribution is -2.56. The van der Waals surface area contributed by atoms with Crippen molar-refractivity contribution in [2.45, 2.75) is 114 Å². The first-order chi connectivity index (χ1) is 25.2. The van der Waals surface area contributed by atoms with Crippen molar-refractivity contribution in [3.8, 4) is 0 Å². The fourth-order valence-corrected chi connectivity index (χ4v) is 10.8. The zero-order valence-electron chi connectivity index (χ0n) is 30.5. The minimum Gasteiger partial charge on any atom is -0.390 e. The average molecular weight is 717 g/mol. The highest BCUT2D eigenvalue weighted by molar-refractivity contribution is 5.80. The van der Waals surface area contributed by atoms with Crippen molar-refractivity contribution in [2.75, 3.05) is 26.2 Å². The molecule has 6 saturated carbocycles. The zero-order chi connectivity index (χ0) is 36.5. The summed E-state index contributed by atoms with van der Waals surface area (Å²) >= 11 is 0. The second-order valence-electron chi connectivity index (χ2n) is 16.7. The molecular weight excluding hydrogens is 656 g/mol. The number of aliphatic hydroxyl groups excluding tert-OH is 4. The molecule has 10 nitrogen and oxygen atoms in total. The molecule has 52 heavy (non-hydrogen) atoms. The number of aliphatic hydroxyl groups is 4. The summed E-state index contributed by atoms with van der Waals surface area (Å²) in [7, 11) is 0. The van der Waals surface area contributed by atoms with E-state index >= 15 is 0 Å². The average Bonchev–Trinajstić information content (AvgIpc) is 3.21. The van der Waals surface area contributed by atoms with Gasteiger partial charge in [0, 0.05) is 51.1 Å². The van der Waals surface area contributed by atoms with Gasteiger partial charge in [0.2, 0.25) is 11.8 Å². The fourth-order valence-electron chi connectivity index (χ4n) is 10.8. The molecule has 2 aliphatic heterocycles. The Morgan fingerprint density at radius 3 is 1.29 bits per heavy atom. The van der Waals surface area contributed by atoms with E-state index in [2.05, 4.69) is 48.5 Å². The van der Waals surface area contributed by atoms with E-state index in [1.807, 2.05) is 9.80 Å². The van der Waals surface area contributed by atoms with Crippen molar-refractivity contribution in [3.05, 3.63) is 70.8 Å². The molecule has 2 amide bonds. The summed E-state index contributed by atoms with van der Waals surface area (Å²) in [4.78, 5) is 30.1. The van der Waals surface area contributed by atoms with Crippen LogP contribution in [0.1, 0.15) is 98.3 Å². The van der Waals surface area contributed by atoms with Gasteiger partial charge in [-0.25, -0.2) is 0 Å². The van der Waals surface area contributed by atoms with E-state index in [0.717, 1.165) is 102 Å². The zero-order valence-corrected chi connectivity index (χ0v) is 30.5. The first-order valence-electron chi connectivity index (χ1n) is 20.0. The van der Waals surface area contributed by atoms with Crippen LogP contribution >= 0.6 is 0 Å². The van der Waals surface area contributed by atoms with Crippen molar-refractivity contribution >= 4 is 11.8 Å². The fraction of sp³-hybridized carbons (Fsp3) is 0.667. The molecule has 284 valence electrons. The Morgan fingerprint density at radius 1 is 0.558 bits per heavy atom. The molecule has 0 aromatic heterocycles. The van der Waals surface area contributed by atoms with Gasteiger partial charge >= 0.3 is 0 Å². The molecule has 8 N–H and O–H groups in total. The maximum absolute atomic E-state index is 13.1. The molecule has 8 fully saturated rings. The van der Waals surface area contributed by atoms with Gasteiger partial charge in [0.25, 0.3) is 0 Å². The van der Waals surface area contributed by atoms with E-state index in [1.165, 1.54) is 11.1 Å². The predicted molar refractivity (Wildman–Crippen MR) is 198 cm³/mol. The molecule has 2 heterocycles. The number of nitrogens with two attached hydrogens (primary N) is 2. The molecular formula is C42H60N4O6. The Hall–Kier alpha value is -2.86. The summed E-state index contributed by atoms with van der Waals surface area (Å²) in [5.41, 5.74) is 16.5. The molecule has 2 aromatic rings. The number of hydrogen-bond acceptors (Lipinski definition) is 8. The molecule has 10 heteroatoms. The summed E-state index contributed by atoms with van der Waals surface area (Å²) in [6.45, 7) is 4.24. The lowest BCUT2D eigenvalue weighted by molar-refractivity contribution is -0.163. The van der Waals surface area contributed by atoms with Crippen LogP contribution in [0.3, 0.4) is 0 Å². The third-order valence-electron chi connectivity index (χ3n) is 14.0. The van der Waals surface area contributed by atoms with Crippen LogP contribution in [0.5, 0.6) is 0 Å². The standard InChI is InChI=1S/2C21H30N2O3/c2*22-12-13-2-1-3-15(10-13)14-6-8-23(9-7-14)21(26)18-11-16-4-5-17(18)20(25)19(16)24/h2*1-3,10,14,16-20,24-25H,4-9,11-12,22H2. The van der Waals surface area contributed by atoms with E-state index in [9.17, 15) is 30.0 Å². The number of fused-ring (bicyclic) bond motifs is 6. The molecule has 10 unspecified atom stereocenters. The van der Waals surface area contributed by atoms with E-state index in [0.29, 0.717) is 24.9 Å². The Labute approximate surface area is 308 Å². The number of carbonyl (C=O) groups is 2. The molecule has 2 saturated heterocycles. The topological polar surface area (TPSA) is 174 Å². The first kappa shape index (κ1) is 37.5. The van der Waals surface area contributed by atoms with E-state index < -0.39 is 24.4 Å². The lowest BCUT2D eigenvalue weighted by Gasteiger charge is -2.49. The van der Waals surface area contributed by atoms with E-state index in [4.69, 9.17) is 11.5 Å². The van der Waals surface area contributed by atoms with E-state index in [-0.39, 0.29) is 47.3 Å². The Bertz CT molecular complexity index is 1420.